The number of nitrogens with one attached hydrogen (secondary N) is 3. The number of aryl methyl sites for hydroxylation is 1. The highest BCUT2D eigenvalue weighted by molar-refractivity contribution is 5.86. The number of para-hydroxylation sites is 1. The highest BCUT2D eigenvalue weighted by Gasteiger charge is 2.65. The summed E-state index contributed by atoms with van der Waals surface area (Å²) in [6.45, 7) is 6.66. The van der Waals surface area contributed by atoms with Gasteiger partial charge in [0.25, 0.3) is 0 Å². The van der Waals surface area contributed by atoms with Crippen LogP contribution >= 0.6 is 0 Å². The molecule has 1 fully saturated rings. The summed E-state index contributed by atoms with van der Waals surface area (Å²) in [6, 6.07) is 27.2. The first-order chi connectivity index (χ1) is 27.3. The Morgan fingerprint density at radius 1 is 0.821 bits per heavy atom. The molecule has 5 aromatic rings. The van der Waals surface area contributed by atoms with E-state index in [1.54, 1.807) is 19.3 Å². The Morgan fingerprint density at radius 2 is 1.46 bits per heavy atom. The van der Waals surface area contributed by atoms with Gasteiger partial charge in [-0.05, 0) is 43.9 Å². The molecule has 1 aliphatic carbocycles. The molecule has 298 valence electrons. The lowest BCUT2D eigenvalue weighted by molar-refractivity contribution is -0.310. The Labute approximate surface area is 328 Å². The first kappa shape index (κ1) is 40.8. The van der Waals surface area contributed by atoms with Crippen LogP contribution in [0.15, 0.2) is 97.3 Å². The number of esters is 1. The molecule has 56 heavy (non-hydrogen) atoms. The molecule has 1 aliphatic rings. The topological polar surface area (TPSA) is 157 Å². The second-order valence-corrected chi connectivity index (χ2v) is 14.3. The molecule has 12 nitrogen and oxygen atoms in total. The highest BCUT2D eigenvalue weighted by atomic mass is 16.6. The number of carbonyl (C=O) groups is 2. The number of aliphatic hydroxyl groups excluding tert-OH is 1. The Hall–Kier alpha value is -4.85. The summed E-state index contributed by atoms with van der Waals surface area (Å²) in [5.41, 5.74) is 2.24. The van der Waals surface area contributed by atoms with E-state index in [0.717, 1.165) is 54.1 Å². The lowest BCUT2D eigenvalue weighted by atomic mass is 9.70. The van der Waals surface area contributed by atoms with Gasteiger partial charge >= 0.3 is 5.97 Å². The van der Waals surface area contributed by atoms with Crippen molar-refractivity contribution in [3.8, 4) is 0 Å². The fourth-order valence-corrected chi connectivity index (χ4v) is 7.56. The molecule has 0 aliphatic heterocycles. The van der Waals surface area contributed by atoms with Gasteiger partial charge in [-0.3, -0.25) is 4.79 Å². The molecule has 6 atom stereocenters. The largest absolute Gasteiger partial charge is 0.450 e. The second-order valence-electron chi connectivity index (χ2n) is 14.3. The SMILES string of the molecule is CCOC1(c2c[nH]c3ccccc23)C(O)C(OCCCCCCCNC(C)=O)C(OCc2ccccc2)C(OCc2ccccc2)C1OC(=O)c1ncc(C)[nH]1. The summed E-state index contributed by atoms with van der Waals surface area (Å²) in [4.78, 5) is 36.0. The third-order valence-corrected chi connectivity index (χ3v) is 10.2. The quantitative estimate of drug-likeness (QED) is 0.0502. The maximum Gasteiger partial charge on any atom is 0.374 e. The zero-order valence-electron chi connectivity index (χ0n) is 32.4. The van der Waals surface area contributed by atoms with E-state index >= 15 is 0 Å². The monoisotopic (exact) mass is 766 g/mol. The predicted octanol–water partition coefficient (Wildman–Crippen LogP) is 6.67. The fourth-order valence-electron chi connectivity index (χ4n) is 7.56. The molecule has 1 amide bonds. The summed E-state index contributed by atoms with van der Waals surface area (Å²) in [5.74, 6) is -0.740. The fraction of sp³-hybridized carbons (Fsp3) is 0.432. The Kier molecular flexibility index (Phi) is 14.5. The molecular formula is C44H54N4O8. The first-order valence-corrected chi connectivity index (χ1v) is 19.6. The molecule has 0 radical (unpaired) electrons. The zero-order valence-corrected chi connectivity index (χ0v) is 32.4. The number of rotatable bonds is 20. The number of amides is 1. The van der Waals surface area contributed by atoms with E-state index in [1.165, 1.54) is 6.92 Å². The van der Waals surface area contributed by atoms with Crippen LogP contribution in [0.4, 0.5) is 0 Å². The smallest absolute Gasteiger partial charge is 0.374 e. The van der Waals surface area contributed by atoms with E-state index in [9.17, 15) is 14.7 Å². The average Bonchev–Trinajstić information content (AvgIpc) is 3.85. The van der Waals surface area contributed by atoms with E-state index in [0.29, 0.717) is 24.4 Å². The molecular weight excluding hydrogens is 713 g/mol. The first-order valence-electron chi connectivity index (χ1n) is 19.6. The van der Waals surface area contributed by atoms with Crippen molar-refractivity contribution >= 4 is 22.8 Å². The summed E-state index contributed by atoms with van der Waals surface area (Å²) in [5, 5.41) is 16.6. The number of aromatic nitrogens is 3. The number of H-pyrrole nitrogens is 2. The minimum absolute atomic E-state index is 0.0142. The van der Waals surface area contributed by atoms with Crippen LogP contribution in [0, 0.1) is 6.92 Å². The number of unbranched alkanes of at least 4 members (excludes halogenated alkanes) is 4. The van der Waals surface area contributed by atoms with Crippen LogP contribution in [0.3, 0.4) is 0 Å². The number of nitrogens with zero attached hydrogens (tertiary/aromatic N) is 1. The number of benzene rings is 3. The molecule has 2 aromatic heterocycles. The van der Waals surface area contributed by atoms with Gasteiger partial charge in [-0.1, -0.05) is 98.1 Å². The van der Waals surface area contributed by atoms with Crippen LogP contribution in [0.25, 0.3) is 10.9 Å². The third kappa shape index (κ3) is 9.74. The van der Waals surface area contributed by atoms with Crippen LogP contribution < -0.4 is 5.32 Å². The van der Waals surface area contributed by atoms with E-state index < -0.39 is 42.1 Å². The Bertz CT molecular complexity index is 1970. The normalized spacial score (nSPS) is 22.2. The minimum Gasteiger partial charge on any atom is -0.450 e. The average molecular weight is 767 g/mol. The summed E-state index contributed by atoms with van der Waals surface area (Å²) < 4.78 is 33.7. The molecule has 4 N–H and O–H groups in total. The summed E-state index contributed by atoms with van der Waals surface area (Å²) in [7, 11) is 0. The van der Waals surface area contributed by atoms with E-state index in [1.807, 2.05) is 91.9 Å². The number of imidazole rings is 1. The van der Waals surface area contributed by atoms with Crippen LogP contribution in [0.1, 0.15) is 79.0 Å². The van der Waals surface area contributed by atoms with Crippen LogP contribution in [0.5, 0.6) is 0 Å². The van der Waals surface area contributed by atoms with Crippen LogP contribution in [-0.2, 0) is 47.3 Å². The van der Waals surface area contributed by atoms with Gasteiger partial charge in [0.2, 0.25) is 11.7 Å². The number of aromatic amines is 2. The van der Waals surface area contributed by atoms with Crippen molar-refractivity contribution in [2.75, 3.05) is 19.8 Å². The summed E-state index contributed by atoms with van der Waals surface area (Å²) in [6.07, 6.45) is 2.30. The molecule has 2 heterocycles. The lowest BCUT2D eigenvalue weighted by Gasteiger charge is -2.54. The number of aliphatic hydroxyl groups is 1. The maximum absolute atomic E-state index is 14.1. The lowest BCUT2D eigenvalue weighted by Crippen LogP contribution is -2.72. The molecule has 6 unspecified atom stereocenters. The van der Waals surface area contributed by atoms with Crippen molar-refractivity contribution in [1.82, 2.24) is 20.3 Å². The maximum atomic E-state index is 14.1. The molecule has 12 heteroatoms. The predicted molar refractivity (Wildman–Crippen MR) is 212 cm³/mol. The zero-order chi connectivity index (χ0) is 39.3. The van der Waals surface area contributed by atoms with Gasteiger partial charge in [-0.25, -0.2) is 9.78 Å². The van der Waals surface area contributed by atoms with Crippen molar-refractivity contribution < 1.29 is 38.4 Å². The number of fused-ring (bicyclic) bond motifs is 1. The van der Waals surface area contributed by atoms with E-state index in [4.69, 9.17) is 23.7 Å². The second kappa shape index (κ2) is 19.8. The molecule has 1 saturated carbocycles. The molecule has 6 rings (SSSR count). The van der Waals surface area contributed by atoms with Crippen molar-refractivity contribution in [2.24, 2.45) is 0 Å². The van der Waals surface area contributed by atoms with Crippen molar-refractivity contribution in [2.45, 2.75) is 102 Å². The number of hydrogen-bond acceptors (Lipinski definition) is 9. The van der Waals surface area contributed by atoms with Crippen molar-refractivity contribution in [3.63, 3.8) is 0 Å². The van der Waals surface area contributed by atoms with Crippen LogP contribution in [0.2, 0.25) is 0 Å². The minimum atomic E-state index is -1.69. The number of hydrogen-bond donors (Lipinski definition) is 4. The molecule has 0 saturated heterocycles. The molecule has 0 spiro atoms. The Morgan fingerprint density at radius 3 is 2.12 bits per heavy atom. The van der Waals surface area contributed by atoms with Gasteiger partial charge in [0.1, 0.15) is 24.4 Å². The number of ether oxygens (including phenoxy) is 5. The van der Waals surface area contributed by atoms with Gasteiger partial charge in [0.15, 0.2) is 11.7 Å². The van der Waals surface area contributed by atoms with E-state index in [2.05, 4.69) is 20.3 Å². The third-order valence-electron chi connectivity index (χ3n) is 10.2. The van der Waals surface area contributed by atoms with Gasteiger partial charge in [0, 0.05) is 61.2 Å². The van der Waals surface area contributed by atoms with Crippen molar-refractivity contribution in [1.29, 1.82) is 0 Å². The van der Waals surface area contributed by atoms with Crippen molar-refractivity contribution in [3.05, 3.63) is 126 Å². The van der Waals surface area contributed by atoms with Gasteiger partial charge in [-0.2, -0.15) is 0 Å². The summed E-state index contributed by atoms with van der Waals surface area (Å²) >= 11 is 0. The van der Waals surface area contributed by atoms with Gasteiger partial charge in [0.05, 0.1) is 13.2 Å². The standard InChI is InChI=1S/C44H54N4O8/c1-4-55-44(35-27-46-36-23-15-14-22-34(35)36)40(50)38(52-25-17-7-5-6-16-24-45-31(3)49)37(53-28-32-18-10-8-11-19-32)39(54-29-33-20-12-9-13-21-33)41(44)56-43(51)42-47-26-30(2)48-42/h8-15,18-23,26-27,37-41,46,50H,4-7,16-17,24-25,28-29H2,1-3H3,(H,45,49)(H,47,48). The highest BCUT2D eigenvalue weighted by Crippen LogP contribution is 2.48. The van der Waals surface area contributed by atoms with E-state index in [-0.39, 0.29) is 31.6 Å². The molecule has 0 bridgehead atoms. The number of carbonyl (C=O) groups excluding carboxylic acids is 2. The van der Waals surface area contributed by atoms with Crippen LogP contribution in [-0.4, -0.2) is 82.2 Å². The molecule has 3 aromatic carbocycles. The van der Waals surface area contributed by atoms with Gasteiger partial charge < -0.3 is 44.1 Å². The Balaban J connectivity index is 1.41. The van der Waals surface area contributed by atoms with Gasteiger partial charge in [-0.15, -0.1) is 0 Å².